The Morgan fingerprint density at radius 3 is 3.00 bits per heavy atom. The van der Waals surface area contributed by atoms with E-state index in [1.807, 2.05) is 0 Å². The van der Waals surface area contributed by atoms with Crippen LogP contribution >= 0.6 is 0 Å². The van der Waals surface area contributed by atoms with Gasteiger partial charge in [0.05, 0.1) is 11.9 Å². The quantitative estimate of drug-likeness (QED) is 0.757. The van der Waals surface area contributed by atoms with E-state index in [1.54, 1.807) is 0 Å². The lowest BCUT2D eigenvalue weighted by molar-refractivity contribution is 0.0697. The van der Waals surface area contributed by atoms with Crippen molar-refractivity contribution in [2.45, 2.75) is 19.4 Å². The monoisotopic (exact) mass is 264 g/mol. The second-order valence-electron chi connectivity index (χ2n) is 5.25. The van der Waals surface area contributed by atoms with Crippen LogP contribution in [0.5, 0.6) is 0 Å². The van der Waals surface area contributed by atoms with Crippen molar-refractivity contribution in [3.63, 3.8) is 0 Å². The van der Waals surface area contributed by atoms with Crippen LogP contribution in [0.25, 0.3) is 0 Å². The molecule has 2 atom stereocenters. The molecule has 2 rings (SSSR count). The number of rotatable bonds is 3. The number of anilines is 2. The van der Waals surface area contributed by atoms with Crippen molar-refractivity contribution < 1.29 is 9.90 Å². The predicted molar refractivity (Wildman–Crippen MR) is 74.3 cm³/mol. The van der Waals surface area contributed by atoms with E-state index in [-0.39, 0.29) is 11.6 Å². The van der Waals surface area contributed by atoms with E-state index in [1.165, 1.54) is 12.3 Å². The molecule has 0 radical (unpaired) electrons. The summed E-state index contributed by atoms with van der Waals surface area (Å²) in [6.45, 7) is 4.15. The van der Waals surface area contributed by atoms with Gasteiger partial charge < -0.3 is 21.1 Å². The highest BCUT2D eigenvalue weighted by Crippen LogP contribution is 2.22. The summed E-state index contributed by atoms with van der Waals surface area (Å²) in [5.74, 6) is -0.161. The van der Waals surface area contributed by atoms with Crippen LogP contribution in [-0.2, 0) is 0 Å². The van der Waals surface area contributed by atoms with Crippen molar-refractivity contribution >= 4 is 17.5 Å². The third-order valence-electron chi connectivity index (χ3n) is 3.57. The normalized spacial score (nSPS) is 24.1. The first-order valence-electron chi connectivity index (χ1n) is 6.41. The molecule has 0 bridgehead atoms. The molecule has 0 aliphatic carbocycles. The SMILES string of the molecule is CC1CN(C)CCC1Nc1ncc(N)cc1C(=O)O. The highest BCUT2D eigenvalue weighted by Gasteiger charge is 2.25. The minimum atomic E-state index is -1.01. The fourth-order valence-corrected chi connectivity index (χ4v) is 2.50. The number of piperidine rings is 1. The van der Waals surface area contributed by atoms with Crippen molar-refractivity contribution in [3.05, 3.63) is 17.8 Å². The zero-order valence-electron chi connectivity index (χ0n) is 11.3. The van der Waals surface area contributed by atoms with Crippen molar-refractivity contribution in [3.8, 4) is 0 Å². The molecular weight excluding hydrogens is 244 g/mol. The average Bonchev–Trinajstić information content (AvgIpc) is 2.34. The standard InChI is InChI=1S/C13H20N4O2/c1-8-7-17(2)4-3-11(8)16-12-10(13(18)19)5-9(14)6-15-12/h5-6,8,11H,3-4,7,14H2,1-2H3,(H,15,16)(H,18,19). The molecule has 0 amide bonds. The van der Waals surface area contributed by atoms with Gasteiger partial charge in [0, 0.05) is 12.6 Å². The van der Waals surface area contributed by atoms with Crippen LogP contribution in [-0.4, -0.2) is 47.1 Å². The van der Waals surface area contributed by atoms with E-state index in [0.717, 1.165) is 19.5 Å². The van der Waals surface area contributed by atoms with E-state index < -0.39 is 5.97 Å². The van der Waals surface area contributed by atoms with Crippen molar-refractivity contribution in [2.24, 2.45) is 5.92 Å². The van der Waals surface area contributed by atoms with E-state index in [4.69, 9.17) is 5.73 Å². The summed E-state index contributed by atoms with van der Waals surface area (Å²) in [5, 5.41) is 12.4. The lowest BCUT2D eigenvalue weighted by Crippen LogP contribution is -2.43. The van der Waals surface area contributed by atoms with E-state index in [2.05, 4.69) is 29.2 Å². The van der Waals surface area contributed by atoms with Crippen LogP contribution < -0.4 is 11.1 Å². The summed E-state index contributed by atoms with van der Waals surface area (Å²) in [7, 11) is 2.09. The van der Waals surface area contributed by atoms with Gasteiger partial charge in [0.1, 0.15) is 11.4 Å². The fourth-order valence-electron chi connectivity index (χ4n) is 2.50. The molecule has 0 aromatic carbocycles. The minimum Gasteiger partial charge on any atom is -0.478 e. The second-order valence-corrected chi connectivity index (χ2v) is 5.25. The number of likely N-dealkylation sites (tertiary alicyclic amines) is 1. The highest BCUT2D eigenvalue weighted by atomic mass is 16.4. The van der Waals surface area contributed by atoms with Gasteiger partial charge in [-0.3, -0.25) is 0 Å². The molecule has 2 unspecified atom stereocenters. The number of hydrogen-bond acceptors (Lipinski definition) is 5. The lowest BCUT2D eigenvalue weighted by atomic mass is 9.94. The molecule has 1 fully saturated rings. The molecular formula is C13H20N4O2. The molecule has 6 heteroatoms. The molecule has 1 aliphatic rings. The lowest BCUT2D eigenvalue weighted by Gasteiger charge is -2.35. The first-order chi connectivity index (χ1) is 8.97. The number of nitrogens with one attached hydrogen (secondary N) is 1. The number of carbonyl (C=O) groups is 1. The maximum atomic E-state index is 11.2. The van der Waals surface area contributed by atoms with Gasteiger partial charge in [-0.2, -0.15) is 0 Å². The number of nitrogens with two attached hydrogens (primary N) is 1. The third-order valence-corrected chi connectivity index (χ3v) is 3.57. The Hall–Kier alpha value is -1.82. The van der Waals surface area contributed by atoms with Gasteiger partial charge >= 0.3 is 5.97 Å². The van der Waals surface area contributed by atoms with Gasteiger partial charge in [-0.15, -0.1) is 0 Å². The van der Waals surface area contributed by atoms with Crippen LogP contribution in [0.15, 0.2) is 12.3 Å². The molecule has 2 heterocycles. The smallest absolute Gasteiger partial charge is 0.339 e. The Labute approximate surface area is 112 Å². The van der Waals surface area contributed by atoms with Crippen LogP contribution in [0.3, 0.4) is 0 Å². The molecule has 19 heavy (non-hydrogen) atoms. The van der Waals surface area contributed by atoms with Gasteiger partial charge in [0.25, 0.3) is 0 Å². The maximum Gasteiger partial charge on any atom is 0.339 e. The summed E-state index contributed by atoms with van der Waals surface area (Å²) in [6.07, 6.45) is 2.46. The fraction of sp³-hybridized carbons (Fsp3) is 0.538. The Balaban J connectivity index is 2.17. The number of aromatic nitrogens is 1. The Morgan fingerprint density at radius 1 is 1.63 bits per heavy atom. The first-order valence-corrected chi connectivity index (χ1v) is 6.41. The molecule has 6 nitrogen and oxygen atoms in total. The molecule has 1 aromatic rings. The first kappa shape index (κ1) is 13.6. The Kier molecular flexibility index (Phi) is 3.90. The molecule has 0 saturated carbocycles. The average molecular weight is 264 g/mol. The molecule has 1 saturated heterocycles. The summed E-state index contributed by atoms with van der Waals surface area (Å²) in [4.78, 5) is 17.6. The largest absolute Gasteiger partial charge is 0.478 e. The van der Waals surface area contributed by atoms with Crippen LogP contribution in [0.1, 0.15) is 23.7 Å². The van der Waals surface area contributed by atoms with Gasteiger partial charge in [-0.25, -0.2) is 9.78 Å². The van der Waals surface area contributed by atoms with E-state index in [9.17, 15) is 9.90 Å². The van der Waals surface area contributed by atoms with Gasteiger partial charge in [-0.05, 0) is 32.0 Å². The third kappa shape index (κ3) is 3.14. The van der Waals surface area contributed by atoms with Gasteiger partial charge in [0.15, 0.2) is 0 Å². The number of nitrogens with zero attached hydrogens (tertiary/aromatic N) is 2. The Bertz CT molecular complexity index is 478. The number of carboxylic acid groups (broad SMARTS) is 1. The number of pyridine rings is 1. The minimum absolute atomic E-state index is 0.131. The highest BCUT2D eigenvalue weighted by molar-refractivity contribution is 5.94. The second kappa shape index (κ2) is 5.44. The number of aromatic carboxylic acids is 1. The number of nitrogen functional groups attached to an aromatic ring is 1. The van der Waals surface area contributed by atoms with E-state index >= 15 is 0 Å². The van der Waals surface area contributed by atoms with Crippen LogP contribution in [0, 0.1) is 5.92 Å². The summed E-state index contributed by atoms with van der Waals surface area (Å²) in [6, 6.07) is 1.68. The summed E-state index contributed by atoms with van der Waals surface area (Å²) < 4.78 is 0. The van der Waals surface area contributed by atoms with E-state index in [0.29, 0.717) is 17.4 Å². The number of hydrogen-bond donors (Lipinski definition) is 3. The molecule has 0 spiro atoms. The number of carboxylic acids is 1. The van der Waals surface area contributed by atoms with Crippen molar-refractivity contribution in [1.82, 2.24) is 9.88 Å². The van der Waals surface area contributed by atoms with Gasteiger partial charge in [0.2, 0.25) is 0 Å². The topological polar surface area (TPSA) is 91.5 Å². The van der Waals surface area contributed by atoms with Crippen molar-refractivity contribution in [1.29, 1.82) is 0 Å². The zero-order chi connectivity index (χ0) is 14.0. The maximum absolute atomic E-state index is 11.2. The predicted octanol–water partition coefficient (Wildman–Crippen LogP) is 1.11. The molecule has 104 valence electrons. The Morgan fingerprint density at radius 2 is 2.37 bits per heavy atom. The summed E-state index contributed by atoms with van der Waals surface area (Å²) >= 11 is 0. The molecule has 1 aliphatic heterocycles. The van der Waals surface area contributed by atoms with Crippen LogP contribution in [0.4, 0.5) is 11.5 Å². The van der Waals surface area contributed by atoms with Gasteiger partial charge in [-0.1, -0.05) is 6.92 Å². The van der Waals surface area contributed by atoms with Crippen LogP contribution in [0.2, 0.25) is 0 Å². The molecule has 4 N–H and O–H groups in total. The zero-order valence-corrected chi connectivity index (χ0v) is 11.3. The molecule has 1 aromatic heterocycles. The van der Waals surface area contributed by atoms with Crippen molar-refractivity contribution in [2.75, 3.05) is 31.2 Å². The summed E-state index contributed by atoms with van der Waals surface area (Å²) in [5.41, 5.74) is 6.07.